The lowest BCUT2D eigenvalue weighted by Gasteiger charge is -2.21. The molecule has 0 radical (unpaired) electrons. The summed E-state index contributed by atoms with van der Waals surface area (Å²) in [4.78, 5) is 28.3. The minimum atomic E-state index is -0.862. The van der Waals surface area contributed by atoms with Crippen LogP contribution in [0.2, 0.25) is 0 Å². The number of hydrogen-bond donors (Lipinski definition) is 0. The van der Waals surface area contributed by atoms with E-state index >= 15 is 0 Å². The van der Waals surface area contributed by atoms with Crippen molar-refractivity contribution in [2.24, 2.45) is 0 Å². The van der Waals surface area contributed by atoms with E-state index in [-0.39, 0.29) is 5.91 Å². The summed E-state index contributed by atoms with van der Waals surface area (Å²) in [7, 11) is 1.71. The largest absolute Gasteiger partial charge is 0.488 e. The van der Waals surface area contributed by atoms with Crippen LogP contribution in [0.5, 0.6) is 5.75 Å². The van der Waals surface area contributed by atoms with E-state index in [2.05, 4.69) is 0 Å². The van der Waals surface area contributed by atoms with Crippen molar-refractivity contribution in [2.75, 3.05) is 7.05 Å². The van der Waals surface area contributed by atoms with Gasteiger partial charge in [-0.2, -0.15) is 0 Å². The summed E-state index contributed by atoms with van der Waals surface area (Å²) >= 11 is 1.37. The number of para-hydroxylation sites is 1. The van der Waals surface area contributed by atoms with Gasteiger partial charge in [0, 0.05) is 29.6 Å². The molecule has 148 valence electrons. The maximum absolute atomic E-state index is 12.6. The van der Waals surface area contributed by atoms with Gasteiger partial charge < -0.3 is 14.4 Å². The van der Waals surface area contributed by atoms with Crippen LogP contribution in [-0.4, -0.2) is 29.9 Å². The maximum Gasteiger partial charge on any atom is 0.349 e. The first kappa shape index (κ1) is 19.2. The van der Waals surface area contributed by atoms with E-state index in [1.807, 2.05) is 54.6 Å². The molecule has 2 heterocycles. The third-order valence-electron chi connectivity index (χ3n) is 4.80. The summed E-state index contributed by atoms with van der Waals surface area (Å²) in [6, 6.07) is 19.2. The van der Waals surface area contributed by atoms with Crippen LogP contribution in [0, 0.1) is 0 Å². The predicted octanol–water partition coefficient (Wildman–Crippen LogP) is 4.51. The third-order valence-corrected chi connectivity index (χ3v) is 5.99. The Bertz CT molecular complexity index is 1040. The third kappa shape index (κ3) is 4.03. The van der Waals surface area contributed by atoms with Crippen LogP contribution in [0.3, 0.4) is 0 Å². The topological polar surface area (TPSA) is 55.8 Å². The monoisotopic (exact) mass is 407 g/mol. The quantitative estimate of drug-likeness (QED) is 0.584. The molecule has 6 heteroatoms. The highest BCUT2D eigenvalue weighted by atomic mass is 32.1. The first-order valence-corrected chi connectivity index (χ1v) is 10.2. The van der Waals surface area contributed by atoms with Crippen molar-refractivity contribution in [1.29, 1.82) is 0 Å². The number of ether oxygens (including phenoxy) is 2. The van der Waals surface area contributed by atoms with Gasteiger partial charge >= 0.3 is 5.97 Å². The fourth-order valence-electron chi connectivity index (χ4n) is 3.31. The fourth-order valence-corrected chi connectivity index (χ4v) is 4.39. The van der Waals surface area contributed by atoms with E-state index in [1.165, 1.54) is 11.3 Å². The summed E-state index contributed by atoms with van der Waals surface area (Å²) < 4.78 is 11.2. The number of likely N-dealkylation sites (N-methyl/N-ethyl adjacent to an activating group) is 1. The molecule has 1 aromatic heterocycles. The van der Waals surface area contributed by atoms with Gasteiger partial charge in [-0.25, -0.2) is 4.79 Å². The van der Waals surface area contributed by atoms with Crippen molar-refractivity contribution in [3.05, 3.63) is 76.7 Å². The van der Waals surface area contributed by atoms with Crippen molar-refractivity contribution < 1.29 is 19.1 Å². The molecule has 5 nitrogen and oxygen atoms in total. The number of rotatable bonds is 5. The number of carbonyl (C=O) groups excluding carboxylic acids is 2. The van der Waals surface area contributed by atoms with Gasteiger partial charge in [0.05, 0.1) is 0 Å². The van der Waals surface area contributed by atoms with Crippen molar-refractivity contribution in [1.82, 2.24) is 4.90 Å². The van der Waals surface area contributed by atoms with Gasteiger partial charge in [-0.15, -0.1) is 11.3 Å². The molecule has 1 aliphatic heterocycles. The normalized spacial score (nSPS) is 12.9. The zero-order chi connectivity index (χ0) is 20.4. The minimum absolute atomic E-state index is 0.239. The molecule has 4 rings (SSSR count). The lowest BCUT2D eigenvalue weighted by molar-refractivity contribution is -0.139. The van der Waals surface area contributed by atoms with Gasteiger partial charge in [-0.1, -0.05) is 42.5 Å². The number of benzene rings is 2. The second-order valence-corrected chi connectivity index (χ2v) is 8.03. The molecule has 1 aliphatic rings. The number of esters is 1. The van der Waals surface area contributed by atoms with Crippen LogP contribution in [0.25, 0.3) is 10.4 Å². The second kappa shape index (κ2) is 8.09. The van der Waals surface area contributed by atoms with E-state index in [0.29, 0.717) is 18.0 Å². The first-order chi connectivity index (χ1) is 14.0. The summed E-state index contributed by atoms with van der Waals surface area (Å²) in [5.74, 6) is 0.0842. The minimum Gasteiger partial charge on any atom is -0.488 e. The number of hydrogen-bond acceptors (Lipinski definition) is 5. The Morgan fingerprint density at radius 2 is 1.86 bits per heavy atom. The van der Waals surface area contributed by atoms with Gasteiger partial charge in [0.2, 0.25) is 0 Å². The lowest BCUT2D eigenvalue weighted by Crippen LogP contribution is -2.37. The van der Waals surface area contributed by atoms with Crippen LogP contribution < -0.4 is 4.74 Å². The molecular formula is C23H21NO4S. The molecule has 3 aromatic rings. The molecule has 1 atom stereocenters. The summed E-state index contributed by atoms with van der Waals surface area (Å²) in [6.45, 7) is 2.49. The molecule has 0 saturated heterocycles. The van der Waals surface area contributed by atoms with Crippen LogP contribution in [-0.2, 0) is 22.7 Å². The molecule has 29 heavy (non-hydrogen) atoms. The number of fused-ring (bicyclic) bond motifs is 3. The number of carbonyl (C=O) groups is 2. The molecule has 0 bridgehead atoms. The Morgan fingerprint density at radius 1 is 1.14 bits per heavy atom. The highest BCUT2D eigenvalue weighted by Gasteiger charge is 2.26. The Kier molecular flexibility index (Phi) is 5.36. The van der Waals surface area contributed by atoms with Crippen LogP contribution in [0.1, 0.15) is 27.7 Å². The molecule has 0 saturated carbocycles. The van der Waals surface area contributed by atoms with Gasteiger partial charge in [0.1, 0.15) is 17.2 Å². The van der Waals surface area contributed by atoms with Gasteiger partial charge in [-0.3, -0.25) is 4.79 Å². The Hall–Kier alpha value is -3.12. The predicted molar refractivity (Wildman–Crippen MR) is 112 cm³/mol. The van der Waals surface area contributed by atoms with Crippen molar-refractivity contribution in [3.8, 4) is 16.2 Å². The van der Waals surface area contributed by atoms with Crippen LogP contribution >= 0.6 is 11.3 Å². The molecular weight excluding hydrogens is 386 g/mol. The molecule has 2 aromatic carbocycles. The molecule has 0 aliphatic carbocycles. The van der Waals surface area contributed by atoms with Crippen LogP contribution in [0.4, 0.5) is 0 Å². The van der Waals surface area contributed by atoms with Gasteiger partial charge in [0.15, 0.2) is 6.10 Å². The molecule has 0 spiro atoms. The Labute approximate surface area is 173 Å². The number of nitrogens with zero attached hydrogens (tertiary/aromatic N) is 1. The maximum atomic E-state index is 12.6. The average Bonchev–Trinajstić information content (AvgIpc) is 3.19. The lowest BCUT2D eigenvalue weighted by atomic mass is 10.1. The van der Waals surface area contributed by atoms with E-state index in [4.69, 9.17) is 9.47 Å². The van der Waals surface area contributed by atoms with E-state index in [9.17, 15) is 9.59 Å². The Balaban J connectivity index is 1.43. The van der Waals surface area contributed by atoms with Crippen molar-refractivity contribution in [2.45, 2.75) is 26.2 Å². The zero-order valence-electron chi connectivity index (χ0n) is 16.3. The second-order valence-electron chi connectivity index (χ2n) is 6.98. The van der Waals surface area contributed by atoms with E-state index in [0.717, 1.165) is 27.3 Å². The van der Waals surface area contributed by atoms with E-state index < -0.39 is 12.1 Å². The average molecular weight is 407 g/mol. The summed E-state index contributed by atoms with van der Waals surface area (Å²) in [5, 5.41) is 0. The summed E-state index contributed by atoms with van der Waals surface area (Å²) in [5.41, 5.74) is 2.96. The van der Waals surface area contributed by atoms with E-state index in [1.54, 1.807) is 24.9 Å². The molecule has 0 fully saturated rings. The number of thiophene rings is 1. The smallest absolute Gasteiger partial charge is 0.349 e. The molecule has 0 N–H and O–H groups in total. The van der Waals surface area contributed by atoms with Crippen molar-refractivity contribution >= 4 is 23.2 Å². The zero-order valence-corrected chi connectivity index (χ0v) is 17.1. The number of amides is 1. The van der Waals surface area contributed by atoms with Crippen LogP contribution in [0.15, 0.2) is 60.7 Å². The molecule has 1 amide bonds. The summed E-state index contributed by atoms with van der Waals surface area (Å²) in [6.07, 6.45) is -0.862. The fraction of sp³-hybridized carbons (Fsp3) is 0.217. The van der Waals surface area contributed by atoms with Gasteiger partial charge in [-0.05, 0) is 30.7 Å². The Morgan fingerprint density at radius 3 is 2.66 bits per heavy atom. The SMILES string of the molecule is C[C@@H](OC(=O)c1cc2c(s1)-c1ccccc1OC2)C(=O)N(C)Cc1ccccc1. The van der Waals surface area contributed by atoms with Crippen molar-refractivity contribution in [3.63, 3.8) is 0 Å². The molecule has 0 unspecified atom stereocenters. The highest BCUT2D eigenvalue weighted by molar-refractivity contribution is 7.17. The highest BCUT2D eigenvalue weighted by Crippen LogP contribution is 2.42. The first-order valence-electron chi connectivity index (χ1n) is 9.37. The van der Waals surface area contributed by atoms with Gasteiger partial charge in [0.25, 0.3) is 5.91 Å². The standard InChI is InChI=1S/C23H21NO4S/c1-15(22(25)24(2)13-16-8-4-3-5-9-16)28-23(26)20-12-17-14-27-19-11-7-6-10-18(19)21(17)29-20/h3-12,15H,13-14H2,1-2H3/t15-/m1/s1.